The van der Waals surface area contributed by atoms with Gasteiger partial charge in [0.2, 0.25) is 0 Å². The lowest BCUT2D eigenvalue weighted by Crippen LogP contribution is -2.32. The maximum atomic E-state index is 10.5. The number of benzene rings is 2. The fourth-order valence-electron chi connectivity index (χ4n) is 2.11. The minimum Gasteiger partial charge on any atom is -0.497 e. The molecule has 0 bridgehead atoms. The van der Waals surface area contributed by atoms with E-state index in [1.807, 2.05) is 0 Å². The Balaban J connectivity index is 0.000000260. The van der Waals surface area contributed by atoms with Crippen LogP contribution in [0.15, 0.2) is 36.4 Å². The van der Waals surface area contributed by atoms with E-state index in [0.717, 1.165) is 0 Å². The number of carbonyl (C=O) groups is 1. The molecule has 26 heavy (non-hydrogen) atoms. The molecule has 0 aliphatic rings. The third-order valence-corrected chi connectivity index (χ3v) is 3.50. The summed E-state index contributed by atoms with van der Waals surface area (Å²) in [5.41, 5.74) is 1.14. The Labute approximate surface area is 151 Å². The summed E-state index contributed by atoms with van der Waals surface area (Å²) in [6, 6.07) is 9.12. The third kappa shape index (κ3) is 5.87. The zero-order chi connectivity index (χ0) is 19.7. The van der Waals surface area contributed by atoms with Crippen molar-refractivity contribution in [3.63, 3.8) is 0 Å². The normalized spacial score (nSPS) is 9.65. The lowest BCUT2D eigenvalue weighted by molar-refractivity contribution is 0.112. The molecule has 0 saturated carbocycles. The summed E-state index contributed by atoms with van der Waals surface area (Å²) in [5.74, 6) is 1.08. The molecule has 0 aliphatic carbocycles. The van der Waals surface area contributed by atoms with Crippen molar-refractivity contribution in [3.8, 4) is 11.5 Å². The number of methoxy groups -OCH3 is 2. The Morgan fingerprint density at radius 1 is 0.885 bits per heavy atom. The lowest BCUT2D eigenvalue weighted by Gasteiger charge is -2.08. The summed E-state index contributed by atoms with van der Waals surface area (Å²) >= 11 is 0. The van der Waals surface area contributed by atoms with Crippen LogP contribution in [-0.2, 0) is 6.61 Å². The molecular formula is C16H20B2O8. The second kappa shape index (κ2) is 10.6. The second-order valence-corrected chi connectivity index (χ2v) is 5.08. The Hall–Kier alpha value is -2.36. The van der Waals surface area contributed by atoms with Crippen LogP contribution >= 0.6 is 0 Å². The smallest absolute Gasteiger partial charge is 0.489 e. The number of ether oxygens (including phenoxy) is 2. The van der Waals surface area contributed by atoms with Gasteiger partial charge in [-0.3, -0.25) is 4.79 Å². The van der Waals surface area contributed by atoms with E-state index in [0.29, 0.717) is 28.8 Å². The van der Waals surface area contributed by atoms with E-state index < -0.39 is 14.2 Å². The van der Waals surface area contributed by atoms with Gasteiger partial charge in [0.25, 0.3) is 0 Å². The van der Waals surface area contributed by atoms with E-state index in [4.69, 9.17) is 34.7 Å². The van der Waals surface area contributed by atoms with E-state index in [1.165, 1.54) is 32.4 Å². The highest BCUT2D eigenvalue weighted by molar-refractivity contribution is 6.60. The molecular weight excluding hydrogens is 342 g/mol. The van der Waals surface area contributed by atoms with Crippen LogP contribution in [0.2, 0.25) is 0 Å². The Bertz CT molecular complexity index is 721. The molecule has 0 saturated heterocycles. The first-order valence-electron chi connectivity index (χ1n) is 7.51. The summed E-state index contributed by atoms with van der Waals surface area (Å²) in [6.07, 6.45) is 0.553. The Kier molecular flexibility index (Phi) is 8.83. The van der Waals surface area contributed by atoms with Gasteiger partial charge in [0.1, 0.15) is 17.8 Å². The van der Waals surface area contributed by atoms with Gasteiger partial charge < -0.3 is 34.7 Å². The highest BCUT2D eigenvalue weighted by Crippen LogP contribution is 2.11. The van der Waals surface area contributed by atoms with Crippen molar-refractivity contribution in [2.45, 2.75) is 6.61 Å². The van der Waals surface area contributed by atoms with Gasteiger partial charge in [0.05, 0.1) is 20.8 Å². The number of hydrogen-bond acceptors (Lipinski definition) is 8. The zero-order valence-corrected chi connectivity index (χ0v) is 14.4. The lowest BCUT2D eigenvalue weighted by atomic mass is 9.77. The molecule has 2 aromatic rings. The molecule has 0 aliphatic heterocycles. The van der Waals surface area contributed by atoms with E-state index in [1.54, 1.807) is 18.2 Å². The van der Waals surface area contributed by atoms with Crippen molar-refractivity contribution in [3.05, 3.63) is 47.5 Å². The fraction of sp³-hybridized carbons (Fsp3) is 0.188. The van der Waals surface area contributed by atoms with Gasteiger partial charge in [0, 0.05) is 5.56 Å². The average Bonchev–Trinajstić information content (AvgIpc) is 2.66. The topological polar surface area (TPSA) is 137 Å². The molecule has 5 N–H and O–H groups in total. The molecule has 8 nitrogen and oxygen atoms in total. The van der Waals surface area contributed by atoms with E-state index in [2.05, 4.69) is 0 Å². The van der Waals surface area contributed by atoms with Gasteiger partial charge in [-0.1, -0.05) is 12.1 Å². The molecule has 0 aromatic heterocycles. The molecule has 0 amide bonds. The van der Waals surface area contributed by atoms with Crippen molar-refractivity contribution >= 4 is 31.4 Å². The van der Waals surface area contributed by atoms with Gasteiger partial charge in [-0.25, -0.2) is 0 Å². The maximum Gasteiger partial charge on any atom is 0.489 e. The first kappa shape index (κ1) is 21.7. The summed E-state index contributed by atoms with van der Waals surface area (Å²) < 4.78 is 9.79. The third-order valence-electron chi connectivity index (χ3n) is 3.50. The Morgan fingerprint density at radius 3 is 1.81 bits per heavy atom. The number of aliphatic hydroxyl groups excluding tert-OH is 1. The van der Waals surface area contributed by atoms with Gasteiger partial charge >= 0.3 is 14.2 Å². The van der Waals surface area contributed by atoms with Crippen LogP contribution in [-0.4, -0.2) is 59.9 Å². The quantitative estimate of drug-likeness (QED) is 0.296. The molecule has 2 rings (SSSR count). The Morgan fingerprint density at radius 2 is 1.38 bits per heavy atom. The SMILES string of the molecule is COc1ccc(B(O)O)c(C=O)c1.COc1ccc(B(O)O)c(CO)c1. The van der Waals surface area contributed by atoms with Crippen LogP contribution in [0.4, 0.5) is 0 Å². The molecule has 0 unspecified atom stereocenters. The van der Waals surface area contributed by atoms with Crippen LogP contribution in [0.1, 0.15) is 15.9 Å². The van der Waals surface area contributed by atoms with Crippen molar-refractivity contribution in [1.29, 1.82) is 0 Å². The van der Waals surface area contributed by atoms with Gasteiger partial charge in [-0.15, -0.1) is 0 Å². The number of aldehydes is 1. The highest BCUT2D eigenvalue weighted by atomic mass is 16.5. The molecule has 10 heteroatoms. The van der Waals surface area contributed by atoms with Crippen LogP contribution < -0.4 is 20.4 Å². The number of aliphatic hydroxyl groups is 1. The minimum absolute atomic E-state index is 0.177. The second-order valence-electron chi connectivity index (χ2n) is 5.08. The van der Waals surface area contributed by atoms with Crippen molar-refractivity contribution in [2.24, 2.45) is 0 Å². The minimum atomic E-state index is -1.63. The van der Waals surface area contributed by atoms with Crippen LogP contribution in [0, 0.1) is 0 Å². The molecule has 0 radical (unpaired) electrons. The summed E-state index contributed by atoms with van der Waals surface area (Å²) in [4.78, 5) is 10.5. The summed E-state index contributed by atoms with van der Waals surface area (Å²) in [5, 5.41) is 44.4. The zero-order valence-electron chi connectivity index (χ0n) is 14.4. The largest absolute Gasteiger partial charge is 0.497 e. The van der Waals surface area contributed by atoms with Crippen LogP contribution in [0.3, 0.4) is 0 Å². The number of carbonyl (C=O) groups excluding carboxylic acids is 1. The maximum absolute atomic E-state index is 10.5. The van der Waals surface area contributed by atoms with Gasteiger partial charge in [0.15, 0.2) is 0 Å². The first-order valence-corrected chi connectivity index (χ1v) is 7.51. The predicted octanol–water partition coefficient (Wildman–Crippen LogP) is -1.95. The molecule has 0 fully saturated rings. The molecule has 0 spiro atoms. The molecule has 0 atom stereocenters. The highest BCUT2D eigenvalue weighted by Gasteiger charge is 2.16. The van der Waals surface area contributed by atoms with E-state index in [9.17, 15) is 4.79 Å². The summed E-state index contributed by atoms with van der Waals surface area (Å²) in [7, 11) is -0.219. The van der Waals surface area contributed by atoms with Crippen LogP contribution in [0.25, 0.3) is 0 Å². The summed E-state index contributed by atoms with van der Waals surface area (Å²) in [6.45, 7) is -0.246. The fourth-order valence-corrected chi connectivity index (χ4v) is 2.11. The standard InChI is InChI=1S/C8H11BO4.C8H9BO4/c2*1-13-7-2-3-8(9(11)12)6(4-7)5-10/h2-4,10-12H,5H2,1H3;2-5,11-12H,1H3. The van der Waals surface area contributed by atoms with E-state index >= 15 is 0 Å². The van der Waals surface area contributed by atoms with Crippen LogP contribution in [0.5, 0.6) is 11.5 Å². The first-order chi connectivity index (χ1) is 12.4. The van der Waals surface area contributed by atoms with Gasteiger partial charge in [-0.05, 0) is 40.8 Å². The molecule has 0 heterocycles. The predicted molar refractivity (Wildman–Crippen MR) is 96.9 cm³/mol. The number of rotatable bonds is 6. The van der Waals surface area contributed by atoms with Crippen molar-refractivity contribution < 1.29 is 39.5 Å². The van der Waals surface area contributed by atoms with E-state index in [-0.39, 0.29) is 17.6 Å². The molecule has 2 aromatic carbocycles. The van der Waals surface area contributed by atoms with Crippen molar-refractivity contribution in [1.82, 2.24) is 0 Å². The molecule has 138 valence electrons. The van der Waals surface area contributed by atoms with Gasteiger partial charge in [-0.2, -0.15) is 0 Å². The number of hydrogen-bond donors (Lipinski definition) is 5. The monoisotopic (exact) mass is 362 g/mol. The van der Waals surface area contributed by atoms with Crippen molar-refractivity contribution in [2.75, 3.05) is 14.2 Å². The average molecular weight is 362 g/mol.